The van der Waals surface area contributed by atoms with E-state index in [2.05, 4.69) is 9.98 Å². The van der Waals surface area contributed by atoms with Gasteiger partial charge in [0.1, 0.15) is 23.1 Å². The highest BCUT2D eigenvalue weighted by molar-refractivity contribution is 6.00. The number of phenolic OH excluding ortho intramolecular Hbond substituents is 1. The van der Waals surface area contributed by atoms with Crippen LogP contribution in [-0.2, 0) is 4.79 Å². The maximum Gasteiger partial charge on any atom is 0.308 e. The van der Waals surface area contributed by atoms with Gasteiger partial charge in [-0.25, -0.2) is 0 Å². The number of phenols is 1. The Kier molecular flexibility index (Phi) is 7.60. The zero-order valence-corrected chi connectivity index (χ0v) is 22.1. The number of nitrogens with one attached hydrogen (secondary N) is 1. The molecular weight excluding hydrogens is 538 g/mol. The Bertz CT molecular complexity index is 1550. The molecule has 2 aliphatic rings. The van der Waals surface area contributed by atoms with E-state index in [9.17, 15) is 15.0 Å². The van der Waals surface area contributed by atoms with Crippen LogP contribution in [0.5, 0.6) is 29.0 Å². The second kappa shape index (κ2) is 11.3. The molecule has 0 radical (unpaired) electrons. The highest BCUT2D eigenvalue weighted by atomic mass is 19.1. The summed E-state index contributed by atoms with van der Waals surface area (Å²) in [4.78, 5) is 23.4. The first-order chi connectivity index (χ1) is 19.6. The highest BCUT2D eigenvalue weighted by Gasteiger charge is 2.33. The molecule has 0 spiro atoms. The van der Waals surface area contributed by atoms with E-state index in [1.807, 2.05) is 18.0 Å². The van der Waals surface area contributed by atoms with Crippen molar-refractivity contribution < 1.29 is 33.3 Å². The number of ether oxygens (including phenoxy) is 2. The lowest BCUT2D eigenvalue weighted by atomic mass is 9.98. The molecule has 2 aromatic carbocycles. The molecule has 0 amide bonds. The van der Waals surface area contributed by atoms with Crippen LogP contribution < -0.4 is 20.1 Å². The van der Waals surface area contributed by atoms with Crippen molar-refractivity contribution in [1.82, 2.24) is 9.88 Å². The number of anilines is 1. The number of carbonyl (C=O) groups is 1. The number of aromatic hydroxyl groups is 1. The van der Waals surface area contributed by atoms with Crippen LogP contribution in [0.4, 0.5) is 14.5 Å². The van der Waals surface area contributed by atoms with E-state index in [1.165, 1.54) is 23.1 Å². The first-order valence-corrected chi connectivity index (χ1v) is 12.9. The predicted octanol–water partition coefficient (Wildman–Crippen LogP) is 3.93. The molecule has 3 heterocycles. The monoisotopic (exact) mass is 566 g/mol. The summed E-state index contributed by atoms with van der Waals surface area (Å²) in [6.07, 6.45) is 0.757. The number of amidine groups is 2. The third-order valence-electron chi connectivity index (χ3n) is 6.92. The van der Waals surface area contributed by atoms with E-state index in [0.29, 0.717) is 19.4 Å². The van der Waals surface area contributed by atoms with Gasteiger partial charge in [-0.15, -0.1) is 0 Å². The summed E-state index contributed by atoms with van der Waals surface area (Å²) < 4.78 is 43.3. The highest BCUT2D eigenvalue weighted by Crippen LogP contribution is 2.41. The third-order valence-corrected chi connectivity index (χ3v) is 6.92. The van der Waals surface area contributed by atoms with Gasteiger partial charge in [-0.05, 0) is 43.2 Å². The molecular formula is C28H28F2N6O5. The van der Waals surface area contributed by atoms with Crippen LogP contribution in [-0.4, -0.2) is 71.0 Å². The van der Waals surface area contributed by atoms with Crippen LogP contribution in [0.1, 0.15) is 24.0 Å². The average molecular weight is 567 g/mol. The smallest absolute Gasteiger partial charge is 0.308 e. The fourth-order valence-electron chi connectivity index (χ4n) is 4.81. The molecule has 2 aliphatic heterocycles. The number of rotatable bonds is 8. The molecule has 214 valence electrons. The van der Waals surface area contributed by atoms with Crippen LogP contribution in [0.2, 0.25) is 0 Å². The molecule has 1 unspecified atom stereocenters. The van der Waals surface area contributed by atoms with Crippen molar-refractivity contribution >= 4 is 23.3 Å². The van der Waals surface area contributed by atoms with Crippen LogP contribution in [0, 0.1) is 23.0 Å². The summed E-state index contributed by atoms with van der Waals surface area (Å²) in [6, 6.07) is 10.5. The maximum atomic E-state index is 16.0. The molecule has 1 atom stereocenters. The predicted molar refractivity (Wildman–Crippen MR) is 146 cm³/mol. The molecule has 0 bridgehead atoms. The van der Waals surface area contributed by atoms with Crippen LogP contribution in [0.15, 0.2) is 47.5 Å². The number of likely N-dealkylation sites (N-methyl/N-ethyl adjacent to an activating group) is 1. The largest absolute Gasteiger partial charge is 0.504 e. The number of carboxylic acid groups (broad SMARTS) is 1. The Labute approximate surface area is 234 Å². The number of nitrogens with zero attached hydrogens (tertiary/aromatic N) is 4. The van der Waals surface area contributed by atoms with E-state index < -0.39 is 46.7 Å². The Morgan fingerprint density at radius 2 is 1.88 bits per heavy atom. The standard InChI is InChI=1S/C28H28F2N6O5/c1-35-11-9-33-25(35)16-4-2-6-18(12-16)40-26-21(29)23(36-10-3-5-17(14-36)28(38)39)22(30)27(34-26)41-20-13-15(24(31)32)7-8-19(20)37/h2,4,6-8,12-13,17,37H,3,5,9-11,14H2,1H3,(H3,31,32)(H,38,39). The first kappa shape index (κ1) is 27.6. The van der Waals surface area contributed by atoms with E-state index in [1.54, 1.807) is 18.2 Å². The number of pyridine rings is 1. The molecule has 1 saturated heterocycles. The van der Waals surface area contributed by atoms with E-state index >= 15 is 8.78 Å². The molecule has 0 saturated carbocycles. The van der Waals surface area contributed by atoms with Gasteiger partial charge in [-0.3, -0.25) is 15.2 Å². The summed E-state index contributed by atoms with van der Waals surface area (Å²) in [7, 11) is 1.90. The summed E-state index contributed by atoms with van der Waals surface area (Å²) in [5.74, 6) is -5.64. The lowest BCUT2D eigenvalue weighted by Crippen LogP contribution is -2.39. The van der Waals surface area contributed by atoms with Gasteiger partial charge in [0.05, 0.1) is 12.5 Å². The number of aliphatic imine (C=N–C) groups is 1. The Hall–Kier alpha value is -4.94. The van der Waals surface area contributed by atoms with Crippen LogP contribution in [0.25, 0.3) is 0 Å². The van der Waals surface area contributed by atoms with Gasteiger partial charge in [0, 0.05) is 37.8 Å². The number of aromatic nitrogens is 1. The van der Waals surface area contributed by atoms with Gasteiger partial charge in [0.25, 0.3) is 11.8 Å². The third kappa shape index (κ3) is 5.69. The van der Waals surface area contributed by atoms with Gasteiger partial charge < -0.3 is 35.2 Å². The van der Waals surface area contributed by atoms with Crippen molar-refractivity contribution in [3.05, 3.63) is 65.2 Å². The minimum absolute atomic E-state index is 0.140. The van der Waals surface area contributed by atoms with Gasteiger partial charge in [-0.1, -0.05) is 12.1 Å². The Balaban J connectivity index is 1.58. The van der Waals surface area contributed by atoms with Crippen LogP contribution >= 0.6 is 0 Å². The lowest BCUT2D eigenvalue weighted by Gasteiger charge is -2.33. The minimum Gasteiger partial charge on any atom is -0.504 e. The number of aliphatic carboxylic acids is 1. The molecule has 0 aliphatic carbocycles. The van der Waals surface area contributed by atoms with Crippen molar-refractivity contribution in [2.45, 2.75) is 12.8 Å². The first-order valence-electron chi connectivity index (χ1n) is 12.9. The fourth-order valence-corrected chi connectivity index (χ4v) is 4.81. The number of piperidine rings is 1. The number of hydrogen-bond acceptors (Lipinski definition) is 9. The Morgan fingerprint density at radius 1 is 1.12 bits per heavy atom. The molecule has 3 aromatic rings. The second-order valence-corrected chi connectivity index (χ2v) is 9.78. The minimum atomic E-state index is -1.20. The number of carboxylic acids is 1. The van der Waals surface area contributed by atoms with E-state index in [-0.39, 0.29) is 36.0 Å². The lowest BCUT2D eigenvalue weighted by molar-refractivity contribution is -0.141. The molecule has 5 N–H and O–H groups in total. The van der Waals surface area contributed by atoms with Crippen molar-refractivity contribution in [3.63, 3.8) is 0 Å². The number of nitrogen functional groups attached to an aromatic ring is 1. The summed E-state index contributed by atoms with van der Waals surface area (Å²) >= 11 is 0. The van der Waals surface area contributed by atoms with Crippen molar-refractivity contribution in [2.75, 3.05) is 38.1 Å². The summed E-state index contributed by atoms with van der Waals surface area (Å²) in [5, 5.41) is 27.5. The van der Waals surface area contributed by atoms with Gasteiger partial charge in [0.15, 0.2) is 11.5 Å². The molecule has 1 aromatic heterocycles. The average Bonchev–Trinajstić information content (AvgIpc) is 3.38. The summed E-state index contributed by atoms with van der Waals surface area (Å²) in [5.41, 5.74) is 5.89. The zero-order chi connectivity index (χ0) is 29.3. The molecule has 41 heavy (non-hydrogen) atoms. The zero-order valence-electron chi connectivity index (χ0n) is 22.1. The van der Waals surface area contributed by atoms with E-state index in [4.69, 9.17) is 20.6 Å². The number of benzene rings is 2. The normalized spacial score (nSPS) is 16.9. The van der Waals surface area contributed by atoms with Crippen molar-refractivity contribution in [2.24, 2.45) is 16.6 Å². The maximum absolute atomic E-state index is 16.0. The summed E-state index contributed by atoms with van der Waals surface area (Å²) in [6.45, 7) is 1.44. The molecule has 1 fully saturated rings. The van der Waals surface area contributed by atoms with Crippen molar-refractivity contribution in [1.29, 1.82) is 5.41 Å². The van der Waals surface area contributed by atoms with Crippen LogP contribution in [0.3, 0.4) is 0 Å². The van der Waals surface area contributed by atoms with Crippen molar-refractivity contribution in [3.8, 4) is 29.0 Å². The molecule has 13 heteroatoms. The van der Waals surface area contributed by atoms with Gasteiger partial charge in [0.2, 0.25) is 11.6 Å². The number of hydrogen-bond donors (Lipinski definition) is 4. The number of halogens is 2. The quantitative estimate of drug-likeness (QED) is 0.234. The topological polar surface area (TPSA) is 158 Å². The van der Waals surface area contributed by atoms with E-state index in [0.717, 1.165) is 17.9 Å². The SMILES string of the molecule is CN1CCN=C1c1cccc(Oc2nc(Oc3cc(C(=N)N)ccc3O)c(F)c(N3CCCC(C(=O)O)C3)c2F)c1. The van der Waals surface area contributed by atoms with Gasteiger partial charge >= 0.3 is 5.97 Å². The Morgan fingerprint density at radius 3 is 2.56 bits per heavy atom. The second-order valence-electron chi connectivity index (χ2n) is 9.78. The fraction of sp³-hybridized carbons (Fsp3) is 0.286. The molecule has 5 rings (SSSR count). The molecule has 11 nitrogen and oxygen atoms in total. The number of nitrogens with two attached hydrogens (primary N) is 1. The van der Waals surface area contributed by atoms with Gasteiger partial charge in [-0.2, -0.15) is 13.8 Å².